The molecule has 0 nitrogen and oxygen atoms in total. The van der Waals surface area contributed by atoms with Crippen molar-refractivity contribution in [3.63, 3.8) is 0 Å². The second-order valence-electron chi connectivity index (χ2n) is 2.61. The van der Waals surface area contributed by atoms with Crippen molar-refractivity contribution in [1.82, 2.24) is 0 Å². The Morgan fingerprint density at radius 3 is 1.78 bits per heavy atom. The third-order valence-electron chi connectivity index (χ3n) is 1.23. The van der Waals surface area contributed by atoms with E-state index in [1.54, 1.807) is 11.8 Å². The Morgan fingerprint density at radius 1 is 1.22 bits per heavy atom. The van der Waals surface area contributed by atoms with Crippen LogP contribution in [0.4, 0.5) is 0 Å². The zero-order valence-electron chi connectivity index (χ0n) is 10.7. The first kappa shape index (κ1) is 32.6. The fraction of sp³-hybridized carbons (Fsp3) is 0.778. The van der Waals surface area contributed by atoms with Crippen LogP contribution >= 0.6 is 61.0 Å². The van der Waals surface area contributed by atoms with Crippen LogP contribution in [0.25, 0.3) is 0 Å². The van der Waals surface area contributed by atoms with Crippen LogP contribution in [0.15, 0.2) is 0 Å². The van der Waals surface area contributed by atoms with Crippen LogP contribution in [0.1, 0.15) is 20.3 Å². The number of hydrogen-bond acceptors (Lipinski definition) is 6. The number of hydrogen-bond donors (Lipinski definition) is 1. The van der Waals surface area contributed by atoms with E-state index in [1.165, 1.54) is 45.4 Å². The first-order valence-electron chi connectivity index (χ1n) is 5.04. The molecule has 0 aliphatic carbocycles. The van der Waals surface area contributed by atoms with Crippen LogP contribution in [-0.4, -0.2) is 39.8 Å². The van der Waals surface area contributed by atoms with Gasteiger partial charge in [0, 0.05) is 24.8 Å². The molecule has 18 heavy (non-hydrogen) atoms. The smallest absolute Gasteiger partial charge is 0.422 e. The van der Waals surface area contributed by atoms with Crippen LogP contribution in [0.5, 0.6) is 0 Å². The van der Waals surface area contributed by atoms with Gasteiger partial charge < -0.3 is 24.8 Å². The predicted octanol–water partition coefficient (Wildman–Crippen LogP) is -0.527. The summed E-state index contributed by atoms with van der Waals surface area (Å²) in [5, 5.41) is 0. The van der Waals surface area contributed by atoms with Gasteiger partial charge in [-0.3, -0.25) is 0 Å². The number of thiocarbonyl (C=S) groups is 3. The van der Waals surface area contributed by atoms with E-state index in [4.69, 9.17) is 24.8 Å². The van der Waals surface area contributed by atoms with Gasteiger partial charge in [-0.2, -0.15) is 12.6 Å². The fourth-order valence-corrected chi connectivity index (χ4v) is 3.69. The number of thiol groups is 1. The normalized spacial score (nSPS) is 7.17. The molecule has 0 fully saturated rings. The molecule has 0 aromatic heterocycles. The molecule has 0 aliphatic heterocycles. The first-order valence-corrected chi connectivity index (χ1v) is 11.1. The van der Waals surface area contributed by atoms with Gasteiger partial charge in [-0.05, 0) is 48.8 Å². The second-order valence-corrected chi connectivity index (χ2v) is 8.42. The van der Waals surface area contributed by atoms with E-state index in [0.717, 1.165) is 11.5 Å². The van der Waals surface area contributed by atoms with Crippen molar-refractivity contribution < 1.29 is 29.6 Å². The first-order chi connectivity index (χ1) is 7.60. The van der Waals surface area contributed by atoms with Gasteiger partial charge in [-0.15, -0.1) is 11.8 Å². The van der Waals surface area contributed by atoms with E-state index in [2.05, 4.69) is 37.1 Å². The molecule has 0 aromatic rings. The average Bonchev–Trinajstić information content (AvgIpc) is 2.21. The molecule has 0 aliphatic rings. The van der Waals surface area contributed by atoms with Crippen molar-refractivity contribution in [2.45, 2.75) is 32.4 Å². The Bertz CT molecular complexity index is 174. The molecular weight excluding hydrogens is 380 g/mol. The Balaban J connectivity index is -0.0000000494. The Kier molecular flexibility index (Phi) is 66.4. The van der Waals surface area contributed by atoms with Crippen LogP contribution < -0.4 is 29.6 Å². The van der Waals surface area contributed by atoms with E-state index in [0.29, 0.717) is 3.53 Å². The molecule has 0 unspecified atom stereocenters. The molecule has 0 N–H and O–H groups in total. The van der Waals surface area contributed by atoms with Gasteiger partial charge in [0.2, 0.25) is 0 Å². The second kappa shape index (κ2) is 36.7. The van der Waals surface area contributed by atoms with Gasteiger partial charge >= 0.3 is 29.6 Å². The molecule has 0 radical (unpaired) electrons. The Morgan fingerprint density at radius 2 is 1.61 bits per heavy atom. The molecule has 0 saturated carbocycles. The van der Waals surface area contributed by atoms with E-state index in [1.807, 2.05) is 4.31 Å². The van der Waals surface area contributed by atoms with Crippen molar-refractivity contribution in [3.05, 3.63) is 0 Å². The van der Waals surface area contributed by atoms with Crippen molar-refractivity contribution >= 4 is 102 Å². The summed E-state index contributed by atoms with van der Waals surface area (Å²) in [5.74, 6) is 2.20. The van der Waals surface area contributed by atoms with Gasteiger partial charge in [0.25, 0.3) is 0 Å². The minimum absolute atomic E-state index is 0. The summed E-state index contributed by atoms with van der Waals surface area (Å²) < 4.78 is 2.58. The third kappa shape index (κ3) is 62.4. The number of rotatable bonds is 5. The van der Waals surface area contributed by atoms with E-state index in [-0.39, 0.29) is 37.0 Å². The molecular formula is C9H23NaS6Si2. The molecule has 0 bridgehead atoms. The molecule has 0 rings (SSSR count). The van der Waals surface area contributed by atoms with Gasteiger partial charge in [0.05, 0.1) is 0 Å². The molecule has 0 spiro atoms. The largest absolute Gasteiger partial charge is 1.00 e. The maximum atomic E-state index is 4.70. The van der Waals surface area contributed by atoms with Crippen LogP contribution in [0, 0.1) is 0 Å². The maximum absolute atomic E-state index is 4.70. The van der Waals surface area contributed by atoms with E-state index >= 15 is 0 Å². The van der Waals surface area contributed by atoms with Crippen molar-refractivity contribution in [2.24, 2.45) is 0 Å². The topological polar surface area (TPSA) is 0 Å². The summed E-state index contributed by atoms with van der Waals surface area (Å²) in [6.45, 7) is 0. The van der Waals surface area contributed by atoms with E-state index in [9.17, 15) is 0 Å². The predicted molar refractivity (Wildman–Crippen MR) is 112 cm³/mol. The average molecular weight is 403 g/mol. The molecule has 0 aromatic carbocycles. The van der Waals surface area contributed by atoms with E-state index < -0.39 is 0 Å². The molecule has 104 valence electrons. The van der Waals surface area contributed by atoms with Gasteiger partial charge in [-0.1, -0.05) is 23.0 Å². The van der Waals surface area contributed by atoms with Crippen LogP contribution in [-0.2, 0) is 12.6 Å². The monoisotopic (exact) mass is 402 g/mol. The van der Waals surface area contributed by atoms with Crippen molar-refractivity contribution in [3.8, 4) is 0 Å². The molecule has 0 saturated heterocycles. The molecule has 9 heteroatoms. The zero-order chi connectivity index (χ0) is 13.2. The summed E-state index contributed by atoms with van der Waals surface area (Å²) in [6, 6.07) is 2.77. The van der Waals surface area contributed by atoms with Gasteiger partial charge in [0.1, 0.15) is 0 Å². The summed E-state index contributed by atoms with van der Waals surface area (Å²) >= 11 is 23.0. The molecule has 0 atom stereocenters. The summed E-state index contributed by atoms with van der Waals surface area (Å²) in [5.41, 5.74) is 0. The minimum Gasteiger partial charge on any atom is -0.422 e. The summed E-state index contributed by atoms with van der Waals surface area (Å²) in [6.07, 6.45) is 2.60. The Labute approximate surface area is 173 Å². The molecule has 0 heterocycles. The quantitative estimate of drug-likeness (QED) is 0.215. The molecule has 0 amide bonds. The number of thioether (sulfide) groups is 1. The minimum atomic E-state index is 0. The Hall–Kier alpha value is 2.66. The summed E-state index contributed by atoms with van der Waals surface area (Å²) in [7, 11) is 2.66. The van der Waals surface area contributed by atoms with Gasteiger partial charge in [-0.25, -0.2) is 0 Å². The zero-order valence-corrected chi connectivity index (χ0v) is 21.7. The summed E-state index contributed by atoms with van der Waals surface area (Å²) in [4.78, 5) is 0. The van der Waals surface area contributed by atoms with Gasteiger partial charge in [0.15, 0.2) is 0 Å². The SMILES string of the molecule is C.S=C=S.[Na+].[SiH3]CCCS.[SiH3]CCCSC(=S)[S-]. The maximum Gasteiger partial charge on any atom is 1.00 e. The van der Waals surface area contributed by atoms with Crippen molar-refractivity contribution in [2.75, 3.05) is 11.5 Å². The standard InChI is InChI=1S/C4H10S3Si.C3H10SSi.CS2.CH4.Na/c5-4(6)7-2-1-3-8;4-2-1-3-5;2-1-3;;/h1-3H2,8H3,(H,5,6);4H,1-3H2,5H3;;1H4;/q;;;;+1/p-1. The van der Waals surface area contributed by atoms with Crippen molar-refractivity contribution in [1.29, 1.82) is 0 Å². The third-order valence-corrected chi connectivity index (χ3v) is 4.40. The van der Waals surface area contributed by atoms with Crippen LogP contribution in [0.2, 0.25) is 12.1 Å². The fourth-order valence-electron chi connectivity index (χ4n) is 0.458. The van der Waals surface area contributed by atoms with Crippen LogP contribution in [0.3, 0.4) is 0 Å².